The molecule has 2 rings (SSSR count). The lowest BCUT2D eigenvalue weighted by molar-refractivity contribution is -0.133. The van der Waals surface area contributed by atoms with Crippen molar-refractivity contribution in [2.24, 2.45) is 5.92 Å². The average molecular weight is 295 g/mol. The van der Waals surface area contributed by atoms with E-state index < -0.39 is 0 Å². The number of amides is 1. The number of rotatable bonds is 4. The van der Waals surface area contributed by atoms with Gasteiger partial charge in [-0.25, -0.2) is 0 Å². The number of hydrogen-bond donors (Lipinski definition) is 0. The topological polar surface area (TPSA) is 23.6 Å². The highest BCUT2D eigenvalue weighted by Gasteiger charge is 2.21. The van der Waals surface area contributed by atoms with Crippen LogP contribution in [0.1, 0.15) is 25.3 Å². The van der Waals surface area contributed by atoms with Gasteiger partial charge in [0, 0.05) is 24.7 Å². The van der Waals surface area contributed by atoms with Gasteiger partial charge >= 0.3 is 0 Å². The van der Waals surface area contributed by atoms with Gasteiger partial charge in [0.05, 0.1) is 6.54 Å². The number of halogens is 1. The molecular formula is C16H23ClN2O. The predicted octanol–water partition coefficient (Wildman–Crippen LogP) is 3.03. The SMILES string of the molecule is CC1CCCN(C(=O)CN(C)Cc2ccccc2Cl)C1. The molecule has 0 aromatic heterocycles. The Kier molecular flexibility index (Phi) is 5.44. The third kappa shape index (κ3) is 4.22. The molecule has 1 fully saturated rings. The normalized spacial score (nSPS) is 19.4. The first-order chi connectivity index (χ1) is 9.56. The summed E-state index contributed by atoms with van der Waals surface area (Å²) in [6, 6.07) is 7.79. The lowest BCUT2D eigenvalue weighted by Crippen LogP contribution is -2.43. The molecule has 1 amide bonds. The van der Waals surface area contributed by atoms with E-state index in [9.17, 15) is 4.79 Å². The predicted molar refractivity (Wildman–Crippen MR) is 82.8 cm³/mol. The monoisotopic (exact) mass is 294 g/mol. The zero-order valence-corrected chi connectivity index (χ0v) is 13.1. The van der Waals surface area contributed by atoms with Gasteiger partial charge in [0.15, 0.2) is 0 Å². The summed E-state index contributed by atoms with van der Waals surface area (Å²) in [7, 11) is 1.97. The maximum atomic E-state index is 12.3. The number of nitrogens with zero attached hydrogens (tertiary/aromatic N) is 2. The fourth-order valence-corrected chi connectivity index (χ4v) is 2.92. The quantitative estimate of drug-likeness (QED) is 0.852. The summed E-state index contributed by atoms with van der Waals surface area (Å²) in [6.07, 6.45) is 2.36. The third-order valence-electron chi connectivity index (χ3n) is 3.81. The first-order valence-electron chi connectivity index (χ1n) is 7.26. The first-order valence-corrected chi connectivity index (χ1v) is 7.64. The molecule has 20 heavy (non-hydrogen) atoms. The highest BCUT2D eigenvalue weighted by atomic mass is 35.5. The number of hydrogen-bond acceptors (Lipinski definition) is 2. The summed E-state index contributed by atoms with van der Waals surface area (Å²) >= 11 is 6.15. The molecule has 0 bridgehead atoms. The molecule has 1 aliphatic rings. The molecule has 0 spiro atoms. The summed E-state index contributed by atoms with van der Waals surface area (Å²) in [5, 5.41) is 0.762. The van der Waals surface area contributed by atoms with Gasteiger partial charge in [-0.3, -0.25) is 9.69 Å². The Balaban J connectivity index is 1.86. The molecule has 1 unspecified atom stereocenters. The second-order valence-corrected chi connectivity index (χ2v) is 6.26. The van der Waals surface area contributed by atoms with E-state index in [0.29, 0.717) is 19.0 Å². The fraction of sp³-hybridized carbons (Fsp3) is 0.562. The van der Waals surface area contributed by atoms with Crippen molar-refractivity contribution in [2.75, 3.05) is 26.7 Å². The molecule has 1 heterocycles. The van der Waals surface area contributed by atoms with Gasteiger partial charge in [-0.15, -0.1) is 0 Å². The summed E-state index contributed by atoms with van der Waals surface area (Å²) in [5.74, 6) is 0.854. The van der Waals surface area contributed by atoms with E-state index in [1.807, 2.05) is 41.1 Å². The highest BCUT2D eigenvalue weighted by Crippen LogP contribution is 2.18. The molecule has 4 heteroatoms. The van der Waals surface area contributed by atoms with E-state index in [2.05, 4.69) is 6.92 Å². The van der Waals surface area contributed by atoms with Crippen LogP contribution in [0.15, 0.2) is 24.3 Å². The summed E-state index contributed by atoms with van der Waals surface area (Å²) in [4.78, 5) is 16.3. The van der Waals surface area contributed by atoms with Crippen LogP contribution < -0.4 is 0 Å². The fourth-order valence-electron chi connectivity index (χ4n) is 2.72. The zero-order chi connectivity index (χ0) is 14.5. The van der Waals surface area contributed by atoms with Gasteiger partial charge in [-0.1, -0.05) is 36.7 Å². The maximum Gasteiger partial charge on any atom is 0.236 e. The number of carbonyl (C=O) groups excluding carboxylic acids is 1. The van der Waals surface area contributed by atoms with Crippen molar-refractivity contribution in [3.8, 4) is 0 Å². The van der Waals surface area contributed by atoms with Crippen molar-refractivity contribution in [1.82, 2.24) is 9.80 Å². The van der Waals surface area contributed by atoms with Gasteiger partial charge in [0.2, 0.25) is 5.91 Å². The molecular weight excluding hydrogens is 272 g/mol. The minimum absolute atomic E-state index is 0.228. The van der Waals surface area contributed by atoms with E-state index in [1.54, 1.807) is 0 Å². The Morgan fingerprint density at radius 2 is 2.20 bits per heavy atom. The lowest BCUT2D eigenvalue weighted by Gasteiger charge is -2.32. The minimum atomic E-state index is 0.228. The van der Waals surface area contributed by atoms with Crippen molar-refractivity contribution in [3.05, 3.63) is 34.9 Å². The standard InChI is InChI=1S/C16H23ClN2O/c1-13-6-5-9-19(10-13)16(20)12-18(2)11-14-7-3-4-8-15(14)17/h3-4,7-8,13H,5-6,9-12H2,1-2H3. The molecule has 1 aromatic carbocycles. The molecule has 3 nitrogen and oxygen atoms in total. The van der Waals surface area contributed by atoms with Crippen molar-refractivity contribution >= 4 is 17.5 Å². The van der Waals surface area contributed by atoms with Crippen LogP contribution in [-0.2, 0) is 11.3 Å². The number of carbonyl (C=O) groups is 1. The van der Waals surface area contributed by atoms with Crippen LogP contribution in [0.3, 0.4) is 0 Å². The Morgan fingerprint density at radius 3 is 2.90 bits per heavy atom. The van der Waals surface area contributed by atoms with Crippen molar-refractivity contribution in [1.29, 1.82) is 0 Å². The second-order valence-electron chi connectivity index (χ2n) is 5.85. The van der Waals surface area contributed by atoms with Crippen LogP contribution >= 0.6 is 11.6 Å². The van der Waals surface area contributed by atoms with Crippen LogP contribution in [0.2, 0.25) is 5.02 Å². The summed E-state index contributed by atoms with van der Waals surface area (Å²) in [6.45, 7) is 5.18. The molecule has 0 saturated carbocycles. The molecule has 1 atom stereocenters. The van der Waals surface area contributed by atoms with E-state index in [4.69, 9.17) is 11.6 Å². The number of piperidine rings is 1. The van der Waals surface area contributed by atoms with Gasteiger partial charge in [0.25, 0.3) is 0 Å². The Labute approximate surface area is 126 Å². The molecule has 1 saturated heterocycles. The molecule has 0 radical (unpaired) electrons. The highest BCUT2D eigenvalue weighted by molar-refractivity contribution is 6.31. The van der Waals surface area contributed by atoms with Crippen molar-refractivity contribution in [2.45, 2.75) is 26.3 Å². The van der Waals surface area contributed by atoms with Gasteiger partial charge in [0.1, 0.15) is 0 Å². The van der Waals surface area contributed by atoms with Crippen molar-refractivity contribution < 1.29 is 4.79 Å². The largest absolute Gasteiger partial charge is 0.341 e. The van der Waals surface area contributed by atoms with Crippen LogP contribution in [-0.4, -0.2) is 42.4 Å². The van der Waals surface area contributed by atoms with Crippen LogP contribution in [0.25, 0.3) is 0 Å². The van der Waals surface area contributed by atoms with Crippen LogP contribution in [0.5, 0.6) is 0 Å². The second kappa shape index (κ2) is 7.09. The van der Waals surface area contributed by atoms with Crippen molar-refractivity contribution in [3.63, 3.8) is 0 Å². The first kappa shape index (κ1) is 15.3. The number of likely N-dealkylation sites (tertiary alicyclic amines) is 1. The molecule has 0 aliphatic carbocycles. The number of benzene rings is 1. The Hall–Kier alpha value is -1.06. The average Bonchev–Trinajstić information content (AvgIpc) is 2.41. The van der Waals surface area contributed by atoms with Gasteiger partial charge in [-0.2, -0.15) is 0 Å². The molecule has 0 N–H and O–H groups in total. The summed E-state index contributed by atoms with van der Waals surface area (Å²) in [5.41, 5.74) is 1.07. The third-order valence-corrected chi connectivity index (χ3v) is 4.18. The van der Waals surface area contributed by atoms with E-state index in [1.165, 1.54) is 6.42 Å². The molecule has 1 aromatic rings. The molecule has 1 aliphatic heterocycles. The minimum Gasteiger partial charge on any atom is -0.341 e. The Bertz CT molecular complexity index is 464. The van der Waals surface area contributed by atoms with Gasteiger partial charge in [-0.05, 0) is 37.4 Å². The smallest absolute Gasteiger partial charge is 0.236 e. The van der Waals surface area contributed by atoms with Crippen LogP contribution in [0.4, 0.5) is 0 Å². The lowest BCUT2D eigenvalue weighted by atomic mass is 10.0. The Morgan fingerprint density at radius 1 is 1.45 bits per heavy atom. The van der Waals surface area contributed by atoms with E-state index in [0.717, 1.165) is 30.1 Å². The molecule has 110 valence electrons. The summed E-state index contributed by atoms with van der Waals surface area (Å²) < 4.78 is 0. The van der Waals surface area contributed by atoms with Crippen LogP contribution in [0, 0.1) is 5.92 Å². The number of likely N-dealkylation sites (N-methyl/N-ethyl adjacent to an activating group) is 1. The zero-order valence-electron chi connectivity index (χ0n) is 12.3. The maximum absolute atomic E-state index is 12.3. The van der Waals surface area contributed by atoms with E-state index in [-0.39, 0.29) is 5.91 Å². The van der Waals surface area contributed by atoms with Gasteiger partial charge < -0.3 is 4.90 Å². The van der Waals surface area contributed by atoms with E-state index >= 15 is 0 Å².